The fourth-order valence-electron chi connectivity index (χ4n) is 5.56. The summed E-state index contributed by atoms with van der Waals surface area (Å²) in [6, 6.07) is 9.83. The molecule has 0 atom stereocenters. The van der Waals surface area contributed by atoms with Gasteiger partial charge in [0.15, 0.2) is 0 Å². The van der Waals surface area contributed by atoms with Gasteiger partial charge in [-0.25, -0.2) is 0 Å². The van der Waals surface area contributed by atoms with E-state index in [1.165, 1.54) is 33.4 Å². The molecule has 1 heteroatoms. The second-order valence-electron chi connectivity index (χ2n) is 10.5. The summed E-state index contributed by atoms with van der Waals surface area (Å²) in [4.78, 5) is 0. The van der Waals surface area contributed by atoms with Gasteiger partial charge in [0.1, 0.15) is 8.07 Å². The van der Waals surface area contributed by atoms with Gasteiger partial charge in [-0.1, -0.05) is 98.7 Å². The van der Waals surface area contributed by atoms with E-state index in [2.05, 4.69) is 91.1 Å². The van der Waals surface area contributed by atoms with Gasteiger partial charge in [-0.2, -0.15) is 0 Å². The van der Waals surface area contributed by atoms with Crippen LogP contribution in [0.15, 0.2) is 35.4 Å². The molecule has 0 radical (unpaired) electrons. The largest absolute Gasteiger partial charge is 0.113 e. The van der Waals surface area contributed by atoms with E-state index in [9.17, 15) is 0 Å². The standard InChI is InChI=1S/C28H36Si/c1-17(2)21-9-11-27(25-15-19(5)13-23(21)25)29(7,8)28-12-10-22(18(3)4)24-14-20(6)16-26(24)28/h9-14,17-18H,15-16H2,1-8H3. The first-order valence-electron chi connectivity index (χ1n) is 11.3. The monoisotopic (exact) mass is 400 g/mol. The predicted octanol–water partition coefficient (Wildman–Crippen LogP) is 6.67. The van der Waals surface area contributed by atoms with E-state index >= 15 is 0 Å². The fourth-order valence-corrected chi connectivity index (χ4v) is 8.81. The van der Waals surface area contributed by atoms with E-state index in [1.807, 2.05) is 0 Å². The zero-order valence-corrected chi connectivity index (χ0v) is 20.5. The maximum absolute atomic E-state index is 2.57. The van der Waals surface area contributed by atoms with Crippen LogP contribution < -0.4 is 10.4 Å². The van der Waals surface area contributed by atoms with Crippen LogP contribution >= 0.6 is 0 Å². The van der Waals surface area contributed by atoms with Gasteiger partial charge in [-0.05, 0) is 71.9 Å². The highest BCUT2D eigenvalue weighted by molar-refractivity contribution is 7.01. The van der Waals surface area contributed by atoms with Crippen molar-refractivity contribution in [1.29, 1.82) is 0 Å². The highest BCUT2D eigenvalue weighted by Gasteiger charge is 2.35. The van der Waals surface area contributed by atoms with Gasteiger partial charge in [0, 0.05) is 0 Å². The van der Waals surface area contributed by atoms with Crippen LogP contribution in [0.25, 0.3) is 12.2 Å². The Morgan fingerprint density at radius 2 is 1.03 bits per heavy atom. The normalized spacial score (nSPS) is 15.7. The molecule has 2 aliphatic rings. The van der Waals surface area contributed by atoms with Crippen LogP contribution in [0.4, 0.5) is 0 Å². The van der Waals surface area contributed by atoms with Gasteiger partial charge < -0.3 is 0 Å². The molecule has 0 spiro atoms. The minimum atomic E-state index is -1.81. The second kappa shape index (κ2) is 7.13. The summed E-state index contributed by atoms with van der Waals surface area (Å²) in [5, 5.41) is 3.29. The Bertz CT molecular complexity index is 961. The third kappa shape index (κ3) is 3.28. The predicted molar refractivity (Wildman–Crippen MR) is 133 cm³/mol. The van der Waals surface area contributed by atoms with E-state index in [0.29, 0.717) is 11.8 Å². The van der Waals surface area contributed by atoms with Crippen LogP contribution in [0.5, 0.6) is 0 Å². The Hall–Kier alpha value is -1.86. The van der Waals surface area contributed by atoms with E-state index < -0.39 is 8.07 Å². The van der Waals surface area contributed by atoms with Gasteiger partial charge in [0.05, 0.1) is 0 Å². The Morgan fingerprint density at radius 1 is 0.655 bits per heavy atom. The Kier molecular flexibility index (Phi) is 5.02. The Balaban J connectivity index is 1.89. The topological polar surface area (TPSA) is 0 Å². The summed E-state index contributed by atoms with van der Waals surface area (Å²) in [7, 11) is -1.81. The van der Waals surface area contributed by atoms with Crippen molar-refractivity contribution >= 4 is 30.6 Å². The molecule has 29 heavy (non-hydrogen) atoms. The molecular weight excluding hydrogens is 364 g/mol. The number of allylic oxidation sites excluding steroid dienone is 2. The molecule has 2 aromatic carbocycles. The molecular formula is C28H36Si. The minimum absolute atomic E-state index is 0.575. The lowest BCUT2D eigenvalue weighted by molar-refractivity contribution is 0.862. The molecule has 0 aromatic heterocycles. The van der Waals surface area contributed by atoms with Crippen molar-refractivity contribution in [2.24, 2.45) is 0 Å². The van der Waals surface area contributed by atoms with Crippen LogP contribution in [0.1, 0.15) is 86.8 Å². The van der Waals surface area contributed by atoms with Crippen molar-refractivity contribution in [2.45, 2.75) is 79.3 Å². The summed E-state index contributed by atoms with van der Waals surface area (Å²) in [6.07, 6.45) is 7.17. The molecule has 0 nitrogen and oxygen atoms in total. The van der Waals surface area contributed by atoms with E-state index in [1.54, 1.807) is 21.5 Å². The van der Waals surface area contributed by atoms with Crippen LogP contribution in [0, 0.1) is 0 Å². The first kappa shape index (κ1) is 20.4. The Morgan fingerprint density at radius 3 is 1.38 bits per heavy atom. The zero-order chi connectivity index (χ0) is 21.1. The van der Waals surface area contributed by atoms with Crippen molar-refractivity contribution < 1.29 is 0 Å². The number of benzene rings is 2. The molecule has 0 saturated carbocycles. The van der Waals surface area contributed by atoms with E-state index in [0.717, 1.165) is 12.8 Å². The molecule has 2 aliphatic carbocycles. The van der Waals surface area contributed by atoms with Gasteiger partial charge >= 0.3 is 0 Å². The smallest absolute Gasteiger partial charge is 0.0683 e. The molecule has 0 N–H and O–H groups in total. The lowest BCUT2D eigenvalue weighted by atomic mass is 9.95. The number of rotatable bonds is 4. The highest BCUT2D eigenvalue weighted by atomic mass is 28.3. The zero-order valence-electron chi connectivity index (χ0n) is 19.5. The van der Waals surface area contributed by atoms with Crippen molar-refractivity contribution in [3.8, 4) is 0 Å². The number of hydrogen-bond donors (Lipinski definition) is 0. The molecule has 0 heterocycles. The molecule has 2 aromatic rings. The summed E-state index contributed by atoms with van der Waals surface area (Å²) < 4.78 is 0. The third-order valence-electron chi connectivity index (χ3n) is 7.07. The third-order valence-corrected chi connectivity index (χ3v) is 10.7. The molecule has 0 fully saturated rings. The van der Waals surface area contributed by atoms with Crippen molar-refractivity contribution in [2.75, 3.05) is 0 Å². The molecule has 0 bridgehead atoms. The molecule has 0 amide bonds. The summed E-state index contributed by atoms with van der Waals surface area (Å²) in [5.41, 5.74) is 12.4. The van der Waals surface area contributed by atoms with Crippen LogP contribution in [-0.4, -0.2) is 8.07 Å². The second-order valence-corrected chi connectivity index (χ2v) is 14.8. The van der Waals surface area contributed by atoms with Gasteiger partial charge in [0.25, 0.3) is 0 Å². The van der Waals surface area contributed by atoms with Crippen LogP contribution in [-0.2, 0) is 12.8 Å². The molecule has 152 valence electrons. The summed E-state index contributed by atoms with van der Waals surface area (Å²) in [5.74, 6) is 1.15. The fraction of sp³-hybridized carbons (Fsp3) is 0.429. The molecule has 0 unspecified atom stereocenters. The van der Waals surface area contributed by atoms with Gasteiger partial charge in [0.2, 0.25) is 0 Å². The lowest BCUT2D eigenvalue weighted by Gasteiger charge is -2.31. The Labute approximate surface area is 178 Å². The maximum atomic E-state index is 2.57. The number of fused-ring (bicyclic) bond motifs is 2. The lowest BCUT2D eigenvalue weighted by Crippen LogP contribution is -2.55. The quantitative estimate of drug-likeness (QED) is 0.502. The van der Waals surface area contributed by atoms with E-state index in [-0.39, 0.29) is 0 Å². The summed E-state index contributed by atoms with van der Waals surface area (Å²) >= 11 is 0. The first-order chi connectivity index (χ1) is 13.6. The highest BCUT2D eigenvalue weighted by Crippen LogP contribution is 2.34. The maximum Gasteiger partial charge on any atom is 0.113 e. The minimum Gasteiger partial charge on any atom is -0.0683 e. The van der Waals surface area contributed by atoms with Crippen molar-refractivity contribution in [3.63, 3.8) is 0 Å². The van der Waals surface area contributed by atoms with Crippen LogP contribution in [0.2, 0.25) is 13.1 Å². The first-order valence-corrected chi connectivity index (χ1v) is 14.3. The van der Waals surface area contributed by atoms with Crippen molar-refractivity contribution in [3.05, 3.63) is 68.8 Å². The van der Waals surface area contributed by atoms with Crippen LogP contribution in [0.3, 0.4) is 0 Å². The van der Waals surface area contributed by atoms with E-state index in [4.69, 9.17) is 0 Å². The van der Waals surface area contributed by atoms with Gasteiger partial charge in [-0.3, -0.25) is 0 Å². The molecule has 4 rings (SSSR count). The average molecular weight is 401 g/mol. The number of hydrogen-bond acceptors (Lipinski definition) is 0. The van der Waals surface area contributed by atoms with Crippen molar-refractivity contribution in [1.82, 2.24) is 0 Å². The molecule has 0 aliphatic heterocycles. The molecule has 0 saturated heterocycles. The SMILES string of the molecule is CC1=Cc2c(C(C)C)ccc([Si](C)(C)c3ccc(C(C)C)c4c3CC(C)=C4)c2C1. The van der Waals surface area contributed by atoms with Gasteiger partial charge in [-0.15, -0.1) is 0 Å². The average Bonchev–Trinajstić information content (AvgIpc) is 3.20. The summed E-state index contributed by atoms with van der Waals surface area (Å²) in [6.45, 7) is 19.0.